The van der Waals surface area contributed by atoms with Gasteiger partial charge in [0.2, 0.25) is 11.7 Å². The molecule has 0 unspecified atom stereocenters. The molecule has 0 spiro atoms. The smallest absolute Gasteiger partial charge is 0.272 e. The third-order valence-electron chi connectivity index (χ3n) is 3.97. The minimum Gasteiger partial charge on any atom is -0.484 e. The van der Waals surface area contributed by atoms with Gasteiger partial charge in [0.25, 0.3) is 11.6 Å². The van der Waals surface area contributed by atoms with E-state index >= 15 is 0 Å². The van der Waals surface area contributed by atoms with Crippen LogP contribution in [0.25, 0.3) is 10.7 Å². The molecule has 1 amide bonds. The number of carbonyl (C=O) groups is 1. The molecule has 0 bridgehead atoms. The van der Waals surface area contributed by atoms with Crippen LogP contribution in [0.4, 0.5) is 5.69 Å². The zero-order valence-electron chi connectivity index (χ0n) is 15.6. The number of rotatable bonds is 9. The van der Waals surface area contributed by atoms with Gasteiger partial charge in [-0.25, -0.2) is 0 Å². The van der Waals surface area contributed by atoms with Crippen LogP contribution < -0.4 is 4.74 Å². The van der Waals surface area contributed by atoms with Gasteiger partial charge in [0.1, 0.15) is 12.3 Å². The average molecular weight is 414 g/mol. The molecule has 0 saturated heterocycles. The van der Waals surface area contributed by atoms with Gasteiger partial charge in [0.05, 0.1) is 9.80 Å². The quantitative estimate of drug-likeness (QED) is 0.299. The summed E-state index contributed by atoms with van der Waals surface area (Å²) in [5.74, 6) is 0.836. The summed E-state index contributed by atoms with van der Waals surface area (Å²) in [4.78, 5) is 29.6. The van der Waals surface area contributed by atoms with E-state index in [0.29, 0.717) is 23.0 Å². The Morgan fingerprint density at radius 1 is 1.45 bits per heavy atom. The summed E-state index contributed by atoms with van der Waals surface area (Å²) in [7, 11) is 0. The number of nitrogens with zero attached hydrogens (tertiary/aromatic N) is 4. The summed E-state index contributed by atoms with van der Waals surface area (Å²) < 4.78 is 10.7. The van der Waals surface area contributed by atoms with Crippen LogP contribution >= 0.6 is 11.3 Å². The Morgan fingerprint density at radius 2 is 2.28 bits per heavy atom. The number of benzene rings is 1. The van der Waals surface area contributed by atoms with E-state index in [1.165, 1.54) is 34.4 Å². The van der Waals surface area contributed by atoms with Gasteiger partial charge in [-0.2, -0.15) is 4.98 Å². The lowest BCUT2D eigenvalue weighted by atomic mass is 10.2. The summed E-state index contributed by atoms with van der Waals surface area (Å²) in [5.41, 5.74) is 0.449. The number of hydrogen-bond acceptors (Lipinski definition) is 8. The summed E-state index contributed by atoms with van der Waals surface area (Å²) in [6, 6.07) is 8.10. The fourth-order valence-corrected chi connectivity index (χ4v) is 3.21. The van der Waals surface area contributed by atoms with Gasteiger partial charge in [-0.15, -0.1) is 17.9 Å². The number of ether oxygens (including phenoxy) is 1. The van der Waals surface area contributed by atoms with E-state index in [0.717, 1.165) is 4.88 Å². The second kappa shape index (κ2) is 9.11. The van der Waals surface area contributed by atoms with E-state index in [4.69, 9.17) is 9.26 Å². The number of nitro groups is 1. The summed E-state index contributed by atoms with van der Waals surface area (Å²) in [5, 5.41) is 16.7. The Kier molecular flexibility index (Phi) is 6.35. The predicted molar refractivity (Wildman–Crippen MR) is 107 cm³/mol. The molecule has 0 saturated carbocycles. The molecule has 0 fully saturated rings. The summed E-state index contributed by atoms with van der Waals surface area (Å²) in [6.07, 6.45) is 1.59. The normalized spacial score (nSPS) is 10.5. The summed E-state index contributed by atoms with van der Waals surface area (Å²) >= 11 is 1.49. The molecule has 0 aliphatic heterocycles. The van der Waals surface area contributed by atoms with Gasteiger partial charge in [0.15, 0.2) is 6.61 Å². The monoisotopic (exact) mass is 414 g/mol. The van der Waals surface area contributed by atoms with Crippen LogP contribution in [-0.4, -0.2) is 39.0 Å². The second-order valence-electron chi connectivity index (χ2n) is 6.05. The van der Waals surface area contributed by atoms with Crippen molar-refractivity contribution in [3.63, 3.8) is 0 Å². The van der Waals surface area contributed by atoms with Crippen molar-refractivity contribution in [3.05, 3.63) is 69.9 Å². The van der Waals surface area contributed by atoms with Crippen LogP contribution in [-0.2, 0) is 11.3 Å². The van der Waals surface area contributed by atoms with E-state index in [1.54, 1.807) is 13.0 Å². The third kappa shape index (κ3) is 5.05. The molecule has 0 radical (unpaired) electrons. The first-order valence-corrected chi connectivity index (χ1v) is 9.49. The van der Waals surface area contributed by atoms with Crippen LogP contribution in [0.15, 0.2) is 52.9 Å². The number of nitro benzene ring substituents is 1. The maximum Gasteiger partial charge on any atom is 0.272 e. The lowest BCUT2D eigenvalue weighted by Crippen LogP contribution is -2.34. The molecule has 1 aromatic carbocycles. The number of aryl methyl sites for hydroxylation is 1. The van der Waals surface area contributed by atoms with Crippen molar-refractivity contribution >= 4 is 22.9 Å². The molecular weight excluding hydrogens is 396 g/mol. The molecule has 0 aliphatic carbocycles. The van der Waals surface area contributed by atoms with Crippen molar-refractivity contribution in [1.29, 1.82) is 0 Å². The van der Waals surface area contributed by atoms with E-state index in [1.807, 2.05) is 17.5 Å². The molecule has 0 N–H and O–H groups in total. The van der Waals surface area contributed by atoms with Crippen LogP contribution in [0, 0.1) is 17.0 Å². The molecule has 29 heavy (non-hydrogen) atoms. The van der Waals surface area contributed by atoms with E-state index in [9.17, 15) is 14.9 Å². The van der Waals surface area contributed by atoms with Gasteiger partial charge in [0, 0.05) is 18.2 Å². The van der Waals surface area contributed by atoms with Crippen molar-refractivity contribution in [2.75, 3.05) is 13.2 Å². The maximum atomic E-state index is 12.6. The molecule has 0 atom stereocenters. The molecule has 0 aliphatic rings. The molecular formula is C19H18N4O5S. The van der Waals surface area contributed by atoms with Gasteiger partial charge in [-0.05, 0) is 30.5 Å². The zero-order chi connectivity index (χ0) is 20.8. The Morgan fingerprint density at radius 3 is 2.93 bits per heavy atom. The van der Waals surface area contributed by atoms with E-state index in [2.05, 4.69) is 16.7 Å². The minimum absolute atomic E-state index is 0.00472. The van der Waals surface area contributed by atoms with Gasteiger partial charge in [-0.1, -0.05) is 17.3 Å². The Balaban J connectivity index is 1.63. The Labute approximate surface area is 170 Å². The highest BCUT2D eigenvalue weighted by Gasteiger charge is 2.19. The third-order valence-corrected chi connectivity index (χ3v) is 4.83. The lowest BCUT2D eigenvalue weighted by molar-refractivity contribution is -0.385. The first kappa shape index (κ1) is 20.2. The Bertz CT molecular complexity index is 1020. The lowest BCUT2D eigenvalue weighted by Gasteiger charge is -2.19. The summed E-state index contributed by atoms with van der Waals surface area (Å²) in [6.45, 7) is 5.43. The van der Waals surface area contributed by atoms with Crippen molar-refractivity contribution in [2.24, 2.45) is 0 Å². The van der Waals surface area contributed by atoms with Gasteiger partial charge < -0.3 is 14.2 Å². The minimum atomic E-state index is -0.467. The predicted octanol–water partition coefficient (Wildman–Crippen LogP) is 3.61. The molecule has 150 valence electrons. The van der Waals surface area contributed by atoms with Crippen LogP contribution in [0.3, 0.4) is 0 Å². The first-order valence-electron chi connectivity index (χ1n) is 8.61. The van der Waals surface area contributed by atoms with Crippen molar-refractivity contribution in [2.45, 2.75) is 13.5 Å². The standard InChI is InChI=1S/C19H18N4O5S/c1-3-8-22(11-17-20-19(21-28-17)16-5-4-9-29-16)18(24)12-27-14-6-7-15(23(25)26)13(2)10-14/h3-7,9-10H,1,8,11-12H2,2H3. The van der Waals surface area contributed by atoms with Gasteiger partial charge in [-0.3, -0.25) is 14.9 Å². The van der Waals surface area contributed by atoms with Crippen LogP contribution in [0.2, 0.25) is 0 Å². The average Bonchev–Trinajstić information content (AvgIpc) is 3.37. The number of amides is 1. The largest absolute Gasteiger partial charge is 0.484 e. The molecule has 2 aromatic heterocycles. The van der Waals surface area contributed by atoms with Crippen molar-refractivity contribution < 1.29 is 19.0 Å². The van der Waals surface area contributed by atoms with Crippen molar-refractivity contribution in [3.8, 4) is 16.5 Å². The molecule has 2 heterocycles. The highest BCUT2D eigenvalue weighted by molar-refractivity contribution is 7.13. The van der Waals surface area contributed by atoms with Gasteiger partial charge >= 0.3 is 0 Å². The van der Waals surface area contributed by atoms with Crippen molar-refractivity contribution in [1.82, 2.24) is 15.0 Å². The molecule has 10 heteroatoms. The van der Waals surface area contributed by atoms with Crippen LogP contribution in [0.5, 0.6) is 5.75 Å². The maximum absolute atomic E-state index is 12.6. The Hall–Kier alpha value is -3.53. The second-order valence-corrected chi connectivity index (χ2v) is 6.99. The van der Waals surface area contributed by atoms with Crippen LogP contribution in [0.1, 0.15) is 11.5 Å². The molecule has 9 nitrogen and oxygen atoms in total. The topological polar surface area (TPSA) is 112 Å². The fourth-order valence-electron chi connectivity index (χ4n) is 2.56. The highest BCUT2D eigenvalue weighted by Crippen LogP contribution is 2.23. The molecule has 3 rings (SSSR count). The van der Waals surface area contributed by atoms with E-state index < -0.39 is 4.92 Å². The number of aromatic nitrogens is 2. The highest BCUT2D eigenvalue weighted by atomic mass is 32.1. The first-order chi connectivity index (χ1) is 14.0. The SMILES string of the molecule is C=CCN(Cc1nc(-c2cccs2)no1)C(=O)COc1ccc([N+](=O)[O-])c(C)c1. The number of hydrogen-bond donors (Lipinski definition) is 0. The van der Waals surface area contributed by atoms with E-state index in [-0.39, 0.29) is 31.3 Å². The fraction of sp³-hybridized carbons (Fsp3) is 0.211. The number of carbonyl (C=O) groups excluding carboxylic acids is 1. The zero-order valence-corrected chi connectivity index (χ0v) is 16.4. The molecule has 3 aromatic rings. The number of thiophene rings is 1.